The van der Waals surface area contributed by atoms with Gasteiger partial charge in [0.25, 0.3) is 0 Å². The van der Waals surface area contributed by atoms with Gasteiger partial charge in [0.2, 0.25) is 0 Å². The van der Waals surface area contributed by atoms with Gasteiger partial charge >= 0.3 is 6.09 Å². The number of carbonyl (C=O) groups is 2. The molecule has 5 rings (SSSR count). The van der Waals surface area contributed by atoms with Crippen LogP contribution in [0.15, 0.2) is 66.7 Å². The molecule has 4 aromatic rings. The maximum absolute atomic E-state index is 12.5. The molecule has 1 atom stereocenters. The number of ether oxygens (including phenoxy) is 1. The number of aromatic nitrogens is 1. The number of benzene rings is 3. The van der Waals surface area contributed by atoms with Crippen molar-refractivity contribution in [3.63, 3.8) is 0 Å². The molecular weight excluding hydrogens is 456 g/mol. The summed E-state index contributed by atoms with van der Waals surface area (Å²) in [6.07, 6.45) is 2.01. The van der Waals surface area contributed by atoms with Crippen LogP contribution in [0.2, 0.25) is 0 Å². The Kier molecular flexibility index (Phi) is 6.10. The summed E-state index contributed by atoms with van der Waals surface area (Å²) < 4.78 is 9.89. The molecule has 0 aliphatic heterocycles. The summed E-state index contributed by atoms with van der Waals surface area (Å²) in [5.74, 6) is 6.34. The van der Waals surface area contributed by atoms with E-state index in [1.165, 1.54) is 11.5 Å². The Bertz CT molecular complexity index is 1480. The molecule has 6 heteroatoms. The van der Waals surface area contributed by atoms with Gasteiger partial charge in [-0.3, -0.25) is 5.32 Å². The van der Waals surface area contributed by atoms with Crippen molar-refractivity contribution in [1.82, 2.24) is 4.37 Å². The van der Waals surface area contributed by atoms with Crippen LogP contribution in [0, 0.1) is 18.8 Å². The molecule has 0 saturated heterocycles. The van der Waals surface area contributed by atoms with Crippen LogP contribution in [-0.4, -0.2) is 16.8 Å². The second-order valence-electron chi connectivity index (χ2n) is 8.86. The number of hydrogen-bond acceptors (Lipinski definition) is 5. The van der Waals surface area contributed by atoms with E-state index in [2.05, 4.69) is 27.6 Å². The fraction of sp³-hybridized carbons (Fsp3) is 0.207. The summed E-state index contributed by atoms with van der Waals surface area (Å²) in [7, 11) is 0. The molecule has 1 N–H and O–H groups in total. The summed E-state index contributed by atoms with van der Waals surface area (Å²) >= 11 is 1.24. The van der Waals surface area contributed by atoms with Gasteiger partial charge in [-0.15, -0.1) is 0 Å². The van der Waals surface area contributed by atoms with Crippen LogP contribution >= 0.6 is 11.5 Å². The fourth-order valence-corrected chi connectivity index (χ4v) is 4.76. The third-order valence-electron chi connectivity index (χ3n) is 6.39. The van der Waals surface area contributed by atoms with Gasteiger partial charge in [-0.2, -0.15) is 4.37 Å². The number of carbonyl (C=O) groups excluding carboxylic acids is 2. The lowest BCUT2D eigenvalue weighted by atomic mass is 9.94. The van der Waals surface area contributed by atoms with Gasteiger partial charge in [0.1, 0.15) is 17.3 Å². The first-order chi connectivity index (χ1) is 17.0. The topological polar surface area (TPSA) is 68.3 Å². The highest BCUT2D eigenvalue weighted by atomic mass is 32.1. The van der Waals surface area contributed by atoms with Gasteiger partial charge in [-0.25, -0.2) is 4.79 Å². The van der Waals surface area contributed by atoms with Crippen LogP contribution in [0.4, 0.5) is 10.5 Å². The molecule has 35 heavy (non-hydrogen) atoms. The zero-order chi connectivity index (χ0) is 24.4. The number of amides is 1. The van der Waals surface area contributed by atoms with Crippen molar-refractivity contribution < 1.29 is 14.3 Å². The van der Waals surface area contributed by atoms with Crippen molar-refractivity contribution in [2.45, 2.75) is 38.2 Å². The molecule has 0 radical (unpaired) electrons. The van der Waals surface area contributed by atoms with Crippen molar-refractivity contribution in [2.75, 3.05) is 5.32 Å². The van der Waals surface area contributed by atoms with Gasteiger partial charge in [-0.1, -0.05) is 60.5 Å². The molecule has 1 heterocycles. The van der Waals surface area contributed by atoms with Gasteiger partial charge in [0.15, 0.2) is 0 Å². The van der Waals surface area contributed by atoms with Crippen molar-refractivity contribution in [1.29, 1.82) is 0 Å². The number of aldehydes is 1. The first-order valence-electron chi connectivity index (χ1n) is 11.5. The zero-order valence-electron chi connectivity index (χ0n) is 19.5. The Morgan fingerprint density at radius 1 is 1.09 bits per heavy atom. The highest BCUT2D eigenvalue weighted by molar-refractivity contribution is 7.07. The van der Waals surface area contributed by atoms with E-state index in [4.69, 9.17) is 4.74 Å². The molecule has 1 aliphatic carbocycles. The second-order valence-corrected chi connectivity index (χ2v) is 9.63. The number of nitrogens with one attached hydrogen (secondary N) is 1. The molecule has 1 aliphatic rings. The molecule has 3 aromatic carbocycles. The normalized spacial score (nSPS) is 14.5. The third kappa shape index (κ3) is 4.82. The van der Waals surface area contributed by atoms with Crippen LogP contribution in [0.5, 0.6) is 0 Å². The van der Waals surface area contributed by atoms with Crippen LogP contribution in [-0.2, 0) is 14.9 Å². The van der Waals surface area contributed by atoms with Crippen LogP contribution in [0.3, 0.4) is 0 Å². The minimum absolute atomic E-state index is 0.278. The highest BCUT2D eigenvalue weighted by Crippen LogP contribution is 2.46. The van der Waals surface area contributed by atoms with E-state index in [0.29, 0.717) is 16.3 Å². The summed E-state index contributed by atoms with van der Waals surface area (Å²) in [6, 6.07) is 21.8. The molecule has 0 unspecified atom stereocenters. The molecule has 5 nitrogen and oxygen atoms in total. The van der Waals surface area contributed by atoms with Gasteiger partial charge in [0.05, 0.1) is 16.8 Å². The lowest BCUT2D eigenvalue weighted by molar-refractivity contribution is -0.109. The molecule has 174 valence electrons. The standard InChI is InChI=1S/C29H24N2O3S/c1-19-27(30-28(33)34-20(2)22-6-4-3-5-7-22)26(35-31-19)13-9-21-8-10-24-17-25(12-11-23(24)16-21)29(18-32)14-15-29/h3-8,10-12,16-18,20H,14-15H2,1-2H3,(H,30,33)/t20-/m1/s1. The molecule has 1 fully saturated rings. The summed E-state index contributed by atoms with van der Waals surface area (Å²) in [5.41, 5.74) is 3.85. The number of aryl methyl sites for hydroxylation is 1. The van der Waals surface area contributed by atoms with Gasteiger partial charge in [0, 0.05) is 5.56 Å². The number of rotatable bonds is 5. The summed E-state index contributed by atoms with van der Waals surface area (Å²) in [5, 5.41) is 4.97. The van der Waals surface area contributed by atoms with Crippen molar-refractivity contribution >= 4 is 40.4 Å². The lowest BCUT2D eigenvalue weighted by Crippen LogP contribution is -2.16. The lowest BCUT2D eigenvalue weighted by Gasteiger charge is -2.14. The first-order valence-corrected chi connectivity index (χ1v) is 12.3. The predicted molar refractivity (Wildman–Crippen MR) is 139 cm³/mol. The van der Waals surface area contributed by atoms with E-state index >= 15 is 0 Å². The molecule has 1 amide bonds. The minimum Gasteiger partial charge on any atom is -0.441 e. The van der Waals surface area contributed by atoms with Crippen LogP contribution in [0.1, 0.15) is 53.1 Å². The third-order valence-corrected chi connectivity index (χ3v) is 7.25. The zero-order valence-corrected chi connectivity index (χ0v) is 20.3. The average Bonchev–Trinajstić information content (AvgIpc) is 3.62. The summed E-state index contributed by atoms with van der Waals surface area (Å²) in [6.45, 7) is 3.66. The van der Waals surface area contributed by atoms with E-state index < -0.39 is 6.09 Å². The molecule has 1 saturated carbocycles. The number of anilines is 1. The number of fused-ring (bicyclic) bond motifs is 1. The molecule has 1 aromatic heterocycles. The van der Waals surface area contributed by atoms with Gasteiger partial charge < -0.3 is 9.53 Å². The highest BCUT2D eigenvalue weighted by Gasteiger charge is 2.44. The minimum atomic E-state index is -0.544. The van der Waals surface area contributed by atoms with Crippen molar-refractivity contribution in [3.8, 4) is 11.8 Å². The van der Waals surface area contributed by atoms with E-state index in [1.54, 1.807) is 0 Å². The largest absolute Gasteiger partial charge is 0.441 e. The quantitative estimate of drug-likeness (QED) is 0.260. The number of hydrogen-bond donors (Lipinski definition) is 1. The van der Waals surface area contributed by atoms with E-state index in [-0.39, 0.29) is 11.5 Å². The monoisotopic (exact) mass is 480 g/mol. The van der Waals surface area contributed by atoms with E-state index in [1.807, 2.05) is 74.5 Å². The number of nitrogens with zero attached hydrogens (tertiary/aromatic N) is 1. The van der Waals surface area contributed by atoms with E-state index in [0.717, 1.165) is 46.6 Å². The Labute approximate surface area is 208 Å². The Hall–Kier alpha value is -3.95. The smallest absolute Gasteiger partial charge is 0.412 e. The maximum Gasteiger partial charge on any atom is 0.412 e. The molecule has 0 spiro atoms. The Morgan fingerprint density at radius 3 is 2.57 bits per heavy atom. The Morgan fingerprint density at radius 2 is 1.83 bits per heavy atom. The predicted octanol–water partition coefficient (Wildman–Crippen LogP) is 6.54. The molecular formula is C29H24N2O3S. The van der Waals surface area contributed by atoms with Crippen LogP contribution < -0.4 is 5.32 Å². The maximum atomic E-state index is 12.5. The second kappa shape index (κ2) is 9.36. The fourth-order valence-electron chi connectivity index (χ4n) is 4.06. The van der Waals surface area contributed by atoms with Crippen molar-refractivity contribution in [2.24, 2.45) is 0 Å². The first kappa shape index (κ1) is 22.8. The van der Waals surface area contributed by atoms with Crippen LogP contribution in [0.25, 0.3) is 10.8 Å². The SMILES string of the molecule is Cc1nsc(C#Cc2ccc3cc(C4(C=O)CC4)ccc3c2)c1NC(=O)O[C@H](C)c1ccccc1. The van der Waals surface area contributed by atoms with E-state index in [9.17, 15) is 9.59 Å². The Balaban J connectivity index is 1.32. The average molecular weight is 481 g/mol. The summed E-state index contributed by atoms with van der Waals surface area (Å²) in [4.78, 5) is 24.6. The molecule has 0 bridgehead atoms. The van der Waals surface area contributed by atoms with Gasteiger partial charge in [-0.05, 0) is 78.2 Å². The van der Waals surface area contributed by atoms with Crippen molar-refractivity contribution in [3.05, 3.63) is 94.0 Å².